The number of carboxylic acid groups (broad SMARTS) is 1. The smallest absolute Gasteiger partial charge is 0.303 e. The molecule has 1 aromatic heterocycles. The Labute approximate surface area is 121 Å². The molecule has 0 amide bonds. The quantitative estimate of drug-likeness (QED) is 0.886. The normalized spacial score (nSPS) is 10.6. The van der Waals surface area contributed by atoms with E-state index in [2.05, 4.69) is 5.16 Å². The van der Waals surface area contributed by atoms with Crippen molar-refractivity contribution < 1.29 is 23.6 Å². The SMILES string of the molecule is CCc1c(-c2ccc(OC)cc2F)noc1CCC(=O)O. The number of carboxylic acids is 1. The largest absolute Gasteiger partial charge is 0.497 e. The second kappa shape index (κ2) is 6.39. The Kier molecular flexibility index (Phi) is 4.57. The molecular formula is C15H16FNO4. The molecule has 0 saturated heterocycles. The van der Waals surface area contributed by atoms with Crippen molar-refractivity contribution in [3.8, 4) is 17.0 Å². The summed E-state index contributed by atoms with van der Waals surface area (Å²) in [6, 6.07) is 4.50. The molecule has 0 aliphatic heterocycles. The summed E-state index contributed by atoms with van der Waals surface area (Å²) in [7, 11) is 1.46. The lowest BCUT2D eigenvalue weighted by molar-refractivity contribution is -0.137. The topological polar surface area (TPSA) is 72.6 Å². The van der Waals surface area contributed by atoms with E-state index in [9.17, 15) is 9.18 Å². The number of aryl methyl sites for hydroxylation is 1. The highest BCUT2D eigenvalue weighted by atomic mass is 19.1. The van der Waals surface area contributed by atoms with Gasteiger partial charge in [0.1, 0.15) is 23.0 Å². The number of aliphatic carboxylic acids is 1. The van der Waals surface area contributed by atoms with Crippen LogP contribution in [-0.4, -0.2) is 23.3 Å². The van der Waals surface area contributed by atoms with Gasteiger partial charge in [-0.15, -0.1) is 0 Å². The van der Waals surface area contributed by atoms with Gasteiger partial charge in [-0.2, -0.15) is 0 Å². The zero-order chi connectivity index (χ0) is 15.4. The Bertz CT molecular complexity index is 651. The molecule has 0 unspecified atom stereocenters. The van der Waals surface area contributed by atoms with Gasteiger partial charge < -0.3 is 14.4 Å². The van der Waals surface area contributed by atoms with Crippen LogP contribution in [-0.2, 0) is 17.6 Å². The summed E-state index contributed by atoms with van der Waals surface area (Å²) in [5.74, 6) is -0.457. The Morgan fingerprint density at radius 1 is 1.48 bits per heavy atom. The molecule has 0 radical (unpaired) electrons. The molecule has 0 fully saturated rings. The van der Waals surface area contributed by atoms with Crippen LogP contribution in [0.2, 0.25) is 0 Å². The molecule has 0 bridgehead atoms. The molecule has 0 spiro atoms. The maximum absolute atomic E-state index is 14.1. The lowest BCUT2D eigenvalue weighted by atomic mass is 10.0. The van der Waals surface area contributed by atoms with Gasteiger partial charge in [-0.05, 0) is 18.6 Å². The van der Waals surface area contributed by atoms with E-state index < -0.39 is 11.8 Å². The molecule has 0 aliphatic rings. The number of carbonyl (C=O) groups is 1. The van der Waals surface area contributed by atoms with Gasteiger partial charge in [0.2, 0.25) is 0 Å². The van der Waals surface area contributed by atoms with Gasteiger partial charge in [0.15, 0.2) is 0 Å². The molecule has 21 heavy (non-hydrogen) atoms. The van der Waals surface area contributed by atoms with Crippen LogP contribution in [0, 0.1) is 5.82 Å². The first-order valence-corrected chi connectivity index (χ1v) is 6.60. The first kappa shape index (κ1) is 15.0. The Morgan fingerprint density at radius 2 is 2.24 bits per heavy atom. The highest BCUT2D eigenvalue weighted by Crippen LogP contribution is 2.30. The second-order valence-electron chi connectivity index (χ2n) is 4.53. The average molecular weight is 293 g/mol. The molecule has 2 aromatic rings. The maximum atomic E-state index is 14.1. The second-order valence-corrected chi connectivity index (χ2v) is 4.53. The lowest BCUT2D eigenvalue weighted by Gasteiger charge is -2.05. The number of benzene rings is 1. The van der Waals surface area contributed by atoms with E-state index in [1.807, 2.05) is 6.92 Å². The molecule has 0 aliphatic carbocycles. The molecular weight excluding hydrogens is 277 g/mol. The van der Waals surface area contributed by atoms with Gasteiger partial charge in [0.25, 0.3) is 0 Å². The number of hydrogen-bond acceptors (Lipinski definition) is 4. The van der Waals surface area contributed by atoms with Gasteiger partial charge in [-0.1, -0.05) is 12.1 Å². The minimum absolute atomic E-state index is 0.0489. The molecule has 112 valence electrons. The number of nitrogens with zero attached hydrogens (tertiary/aromatic N) is 1. The van der Waals surface area contributed by atoms with E-state index in [1.165, 1.54) is 13.2 Å². The zero-order valence-electron chi connectivity index (χ0n) is 11.9. The summed E-state index contributed by atoms with van der Waals surface area (Å²) in [6.45, 7) is 1.89. The van der Waals surface area contributed by atoms with E-state index in [0.717, 1.165) is 5.56 Å². The molecule has 1 heterocycles. The van der Waals surface area contributed by atoms with Crippen molar-refractivity contribution in [1.82, 2.24) is 5.16 Å². The summed E-state index contributed by atoms with van der Waals surface area (Å²) >= 11 is 0. The number of ether oxygens (including phenoxy) is 1. The predicted octanol–water partition coefficient (Wildman–Crippen LogP) is 3.07. The third kappa shape index (κ3) is 3.21. The van der Waals surface area contributed by atoms with Crippen molar-refractivity contribution >= 4 is 5.97 Å². The molecule has 1 N–H and O–H groups in total. The monoisotopic (exact) mass is 293 g/mol. The van der Waals surface area contributed by atoms with Crippen LogP contribution in [0.1, 0.15) is 24.7 Å². The summed E-state index contributed by atoms with van der Waals surface area (Å²) < 4.78 is 24.3. The first-order chi connectivity index (χ1) is 10.1. The predicted molar refractivity (Wildman–Crippen MR) is 73.8 cm³/mol. The van der Waals surface area contributed by atoms with E-state index >= 15 is 0 Å². The van der Waals surface area contributed by atoms with Crippen molar-refractivity contribution in [3.05, 3.63) is 35.3 Å². The molecule has 5 nitrogen and oxygen atoms in total. The summed E-state index contributed by atoms with van der Waals surface area (Å²) in [5.41, 5.74) is 1.47. The van der Waals surface area contributed by atoms with E-state index in [0.29, 0.717) is 29.2 Å². The van der Waals surface area contributed by atoms with Crippen molar-refractivity contribution in [2.45, 2.75) is 26.2 Å². The van der Waals surface area contributed by atoms with Gasteiger partial charge in [0.05, 0.1) is 13.5 Å². The van der Waals surface area contributed by atoms with Crippen molar-refractivity contribution in [3.63, 3.8) is 0 Å². The first-order valence-electron chi connectivity index (χ1n) is 6.60. The molecule has 0 atom stereocenters. The number of halogens is 1. The summed E-state index contributed by atoms with van der Waals surface area (Å²) in [6.07, 6.45) is 0.773. The van der Waals surface area contributed by atoms with E-state index in [-0.39, 0.29) is 12.8 Å². The van der Waals surface area contributed by atoms with Gasteiger partial charge >= 0.3 is 5.97 Å². The standard InChI is InChI=1S/C15H16FNO4/c1-3-10-13(6-7-14(18)19)21-17-15(10)11-5-4-9(20-2)8-12(11)16/h4-5,8H,3,6-7H2,1-2H3,(H,18,19). The number of methoxy groups -OCH3 is 1. The van der Waals surface area contributed by atoms with Crippen molar-refractivity contribution in [2.24, 2.45) is 0 Å². The van der Waals surface area contributed by atoms with Gasteiger partial charge in [-0.3, -0.25) is 4.79 Å². The molecule has 2 rings (SSSR count). The highest BCUT2D eigenvalue weighted by Gasteiger charge is 2.19. The molecule has 1 aromatic carbocycles. The van der Waals surface area contributed by atoms with Crippen LogP contribution in [0.25, 0.3) is 11.3 Å². The fraction of sp³-hybridized carbons (Fsp3) is 0.333. The van der Waals surface area contributed by atoms with Crippen LogP contribution < -0.4 is 4.74 Å². The van der Waals surface area contributed by atoms with E-state index in [4.69, 9.17) is 14.4 Å². The van der Waals surface area contributed by atoms with Gasteiger partial charge in [-0.25, -0.2) is 4.39 Å². The third-order valence-electron chi connectivity index (χ3n) is 3.22. The zero-order valence-corrected chi connectivity index (χ0v) is 11.9. The van der Waals surface area contributed by atoms with Crippen LogP contribution >= 0.6 is 0 Å². The Balaban J connectivity index is 2.38. The van der Waals surface area contributed by atoms with Crippen molar-refractivity contribution in [1.29, 1.82) is 0 Å². The highest BCUT2D eigenvalue weighted by molar-refractivity contribution is 5.68. The minimum Gasteiger partial charge on any atom is -0.497 e. The van der Waals surface area contributed by atoms with E-state index in [1.54, 1.807) is 12.1 Å². The van der Waals surface area contributed by atoms with Crippen LogP contribution in [0.3, 0.4) is 0 Å². The van der Waals surface area contributed by atoms with Crippen molar-refractivity contribution in [2.75, 3.05) is 7.11 Å². The fourth-order valence-corrected chi connectivity index (χ4v) is 2.15. The Morgan fingerprint density at radius 3 is 2.81 bits per heavy atom. The molecule has 6 heteroatoms. The fourth-order valence-electron chi connectivity index (χ4n) is 2.15. The van der Waals surface area contributed by atoms with Crippen LogP contribution in [0.5, 0.6) is 5.75 Å². The maximum Gasteiger partial charge on any atom is 0.303 e. The lowest BCUT2D eigenvalue weighted by Crippen LogP contribution is -1.99. The number of hydrogen-bond donors (Lipinski definition) is 1. The number of rotatable bonds is 6. The van der Waals surface area contributed by atoms with Crippen LogP contribution in [0.15, 0.2) is 22.7 Å². The average Bonchev–Trinajstić information content (AvgIpc) is 2.87. The summed E-state index contributed by atoms with van der Waals surface area (Å²) in [5, 5.41) is 12.6. The third-order valence-corrected chi connectivity index (χ3v) is 3.22. The number of aromatic nitrogens is 1. The minimum atomic E-state index is -0.911. The Hall–Kier alpha value is -2.37. The van der Waals surface area contributed by atoms with Gasteiger partial charge in [0, 0.05) is 23.6 Å². The molecule has 0 saturated carbocycles. The van der Waals surface area contributed by atoms with Crippen LogP contribution in [0.4, 0.5) is 4.39 Å². The summed E-state index contributed by atoms with van der Waals surface area (Å²) in [4.78, 5) is 10.6.